The van der Waals surface area contributed by atoms with E-state index in [1.165, 1.54) is 20.3 Å². The van der Waals surface area contributed by atoms with Crippen molar-refractivity contribution in [1.29, 1.82) is 0 Å². The van der Waals surface area contributed by atoms with Crippen LogP contribution in [-0.2, 0) is 11.3 Å². The molecule has 1 N–H and O–H groups in total. The molecule has 3 aromatic rings. The standard InChI is InChI=1S/C28H30O8/c1-15-13-22(17(3)25(29)23(15)27(30)34-7)36-28(31)24-16(2)12-21(18(4)26(24)33-6)35-14-19-8-10-20(32-5)11-9-19/h8-13,29H,14H2,1-7H3. The number of carbonyl (C=O) groups is 2. The molecule has 0 saturated heterocycles. The normalized spacial score (nSPS) is 10.5. The van der Waals surface area contributed by atoms with Crippen LogP contribution in [-0.4, -0.2) is 38.4 Å². The second-order valence-corrected chi connectivity index (χ2v) is 8.28. The number of esters is 2. The first-order valence-electron chi connectivity index (χ1n) is 11.2. The maximum absolute atomic E-state index is 13.2. The molecule has 0 aliphatic carbocycles. The summed E-state index contributed by atoms with van der Waals surface area (Å²) in [6, 6.07) is 10.8. The molecule has 3 aromatic carbocycles. The number of aryl methyl sites for hydroxylation is 2. The van der Waals surface area contributed by atoms with E-state index in [0.29, 0.717) is 34.8 Å². The molecule has 190 valence electrons. The molecule has 8 heteroatoms. The second-order valence-electron chi connectivity index (χ2n) is 8.28. The number of phenols is 1. The predicted molar refractivity (Wildman–Crippen MR) is 134 cm³/mol. The zero-order chi connectivity index (χ0) is 26.6. The van der Waals surface area contributed by atoms with Gasteiger partial charge in [0.05, 0.1) is 21.3 Å². The summed E-state index contributed by atoms with van der Waals surface area (Å²) in [5.74, 6) is 0.145. The lowest BCUT2D eigenvalue weighted by atomic mass is 10.0. The van der Waals surface area contributed by atoms with Crippen molar-refractivity contribution >= 4 is 11.9 Å². The molecule has 0 heterocycles. The van der Waals surface area contributed by atoms with Crippen molar-refractivity contribution in [3.8, 4) is 28.7 Å². The highest BCUT2D eigenvalue weighted by atomic mass is 16.5. The highest BCUT2D eigenvalue weighted by molar-refractivity contribution is 5.98. The van der Waals surface area contributed by atoms with E-state index in [2.05, 4.69) is 0 Å². The fourth-order valence-corrected chi connectivity index (χ4v) is 3.88. The van der Waals surface area contributed by atoms with Crippen LogP contribution in [0.25, 0.3) is 0 Å². The molecule has 36 heavy (non-hydrogen) atoms. The molecule has 8 nitrogen and oxygen atoms in total. The molecular formula is C28H30O8. The maximum Gasteiger partial charge on any atom is 0.347 e. The molecule has 0 fully saturated rings. The SMILES string of the molecule is COC(=O)c1c(C)cc(OC(=O)c2c(C)cc(OCc3ccc(OC)cc3)c(C)c2OC)c(C)c1O. The number of phenolic OH excluding ortho intramolecular Hbond substituents is 1. The first-order valence-corrected chi connectivity index (χ1v) is 11.2. The lowest BCUT2D eigenvalue weighted by Gasteiger charge is -2.19. The quantitative estimate of drug-likeness (QED) is 0.336. The third kappa shape index (κ3) is 5.22. The van der Waals surface area contributed by atoms with Crippen molar-refractivity contribution in [2.75, 3.05) is 21.3 Å². The lowest BCUT2D eigenvalue weighted by Crippen LogP contribution is -2.15. The summed E-state index contributed by atoms with van der Waals surface area (Å²) in [7, 11) is 4.31. The molecule has 0 amide bonds. The number of hydrogen-bond acceptors (Lipinski definition) is 8. The molecule has 0 aliphatic rings. The van der Waals surface area contributed by atoms with Crippen LogP contribution in [0.1, 0.15) is 48.5 Å². The van der Waals surface area contributed by atoms with E-state index >= 15 is 0 Å². The molecule has 0 radical (unpaired) electrons. The van der Waals surface area contributed by atoms with Gasteiger partial charge in [0, 0.05) is 11.1 Å². The molecule has 0 unspecified atom stereocenters. The molecule has 0 aromatic heterocycles. The summed E-state index contributed by atoms with van der Waals surface area (Å²) in [4.78, 5) is 25.2. The Labute approximate surface area is 210 Å². The van der Waals surface area contributed by atoms with Crippen molar-refractivity contribution < 1.29 is 38.4 Å². The van der Waals surface area contributed by atoms with Gasteiger partial charge in [0.15, 0.2) is 0 Å². The number of methoxy groups -OCH3 is 3. The van der Waals surface area contributed by atoms with Crippen LogP contribution in [0.3, 0.4) is 0 Å². The molecule has 0 aliphatic heterocycles. The number of benzene rings is 3. The zero-order valence-corrected chi connectivity index (χ0v) is 21.5. The van der Waals surface area contributed by atoms with Gasteiger partial charge in [0.25, 0.3) is 0 Å². The van der Waals surface area contributed by atoms with Gasteiger partial charge in [-0.25, -0.2) is 9.59 Å². The minimum absolute atomic E-state index is 0.0257. The van der Waals surface area contributed by atoms with Gasteiger partial charge in [0.1, 0.15) is 46.5 Å². The Morgan fingerprint density at radius 3 is 1.97 bits per heavy atom. The summed E-state index contributed by atoms with van der Waals surface area (Å²) in [5, 5.41) is 10.5. The second kappa shape index (κ2) is 11.0. The monoisotopic (exact) mass is 494 g/mol. The van der Waals surface area contributed by atoms with Crippen LogP contribution in [0.15, 0.2) is 36.4 Å². The Morgan fingerprint density at radius 2 is 1.39 bits per heavy atom. The van der Waals surface area contributed by atoms with E-state index < -0.39 is 11.9 Å². The van der Waals surface area contributed by atoms with Gasteiger partial charge >= 0.3 is 11.9 Å². The van der Waals surface area contributed by atoms with E-state index in [9.17, 15) is 14.7 Å². The van der Waals surface area contributed by atoms with Gasteiger partial charge < -0.3 is 28.8 Å². The molecule has 0 spiro atoms. The number of carbonyl (C=O) groups excluding carboxylic acids is 2. The first-order chi connectivity index (χ1) is 17.1. The van der Waals surface area contributed by atoms with Gasteiger partial charge in [-0.3, -0.25) is 0 Å². The summed E-state index contributed by atoms with van der Waals surface area (Å²) >= 11 is 0. The molecule has 0 atom stereocenters. The fraction of sp³-hybridized carbons (Fsp3) is 0.286. The van der Waals surface area contributed by atoms with Gasteiger partial charge in [-0.15, -0.1) is 0 Å². The Balaban J connectivity index is 1.90. The van der Waals surface area contributed by atoms with E-state index in [0.717, 1.165) is 11.3 Å². The number of hydrogen-bond donors (Lipinski definition) is 1. The van der Waals surface area contributed by atoms with Gasteiger partial charge in [-0.05, 0) is 68.7 Å². The minimum Gasteiger partial charge on any atom is -0.507 e. The summed E-state index contributed by atoms with van der Waals surface area (Å²) in [5.41, 5.74) is 3.10. The average Bonchev–Trinajstić information content (AvgIpc) is 2.87. The van der Waals surface area contributed by atoms with Crippen molar-refractivity contribution in [2.24, 2.45) is 0 Å². The lowest BCUT2D eigenvalue weighted by molar-refractivity contribution is 0.0596. The van der Waals surface area contributed by atoms with Gasteiger partial charge in [-0.1, -0.05) is 12.1 Å². The van der Waals surface area contributed by atoms with Crippen molar-refractivity contribution in [3.63, 3.8) is 0 Å². The highest BCUT2D eigenvalue weighted by Crippen LogP contribution is 2.38. The predicted octanol–water partition coefficient (Wildman–Crippen LogP) is 5.23. The zero-order valence-electron chi connectivity index (χ0n) is 21.5. The van der Waals surface area contributed by atoms with Crippen molar-refractivity contribution in [3.05, 3.63) is 75.3 Å². The largest absolute Gasteiger partial charge is 0.507 e. The Kier molecular flexibility index (Phi) is 8.09. The Morgan fingerprint density at radius 1 is 0.778 bits per heavy atom. The third-order valence-electron chi connectivity index (χ3n) is 5.94. The molecule has 0 bridgehead atoms. The van der Waals surface area contributed by atoms with Crippen LogP contribution in [0.5, 0.6) is 28.7 Å². The van der Waals surface area contributed by atoms with Crippen LogP contribution >= 0.6 is 0 Å². The van der Waals surface area contributed by atoms with E-state index in [1.807, 2.05) is 24.3 Å². The maximum atomic E-state index is 13.2. The topological polar surface area (TPSA) is 101 Å². The van der Waals surface area contributed by atoms with Crippen molar-refractivity contribution in [2.45, 2.75) is 34.3 Å². The van der Waals surface area contributed by atoms with E-state index in [4.69, 9.17) is 23.7 Å². The minimum atomic E-state index is -0.677. The number of aromatic hydroxyl groups is 1. The highest BCUT2D eigenvalue weighted by Gasteiger charge is 2.26. The van der Waals surface area contributed by atoms with Crippen molar-refractivity contribution in [1.82, 2.24) is 0 Å². The Bertz CT molecular complexity index is 1290. The Hall–Kier alpha value is -4.20. The summed E-state index contributed by atoms with van der Waals surface area (Å²) in [6.45, 7) is 7.05. The molecule has 3 rings (SSSR count). The molecular weight excluding hydrogens is 464 g/mol. The van der Waals surface area contributed by atoms with E-state index in [-0.39, 0.29) is 28.2 Å². The summed E-state index contributed by atoms with van der Waals surface area (Å²) < 4.78 is 27.2. The first kappa shape index (κ1) is 26.4. The number of ether oxygens (including phenoxy) is 5. The van der Waals surface area contributed by atoms with Crippen LogP contribution in [0, 0.1) is 27.7 Å². The van der Waals surface area contributed by atoms with E-state index in [1.54, 1.807) is 40.9 Å². The average molecular weight is 495 g/mol. The van der Waals surface area contributed by atoms with Crippen LogP contribution in [0.4, 0.5) is 0 Å². The van der Waals surface area contributed by atoms with Crippen LogP contribution < -0.4 is 18.9 Å². The molecule has 0 saturated carbocycles. The van der Waals surface area contributed by atoms with Crippen LogP contribution in [0.2, 0.25) is 0 Å². The van der Waals surface area contributed by atoms with Gasteiger partial charge in [-0.2, -0.15) is 0 Å². The smallest absolute Gasteiger partial charge is 0.347 e. The third-order valence-corrected chi connectivity index (χ3v) is 5.94. The summed E-state index contributed by atoms with van der Waals surface area (Å²) in [6.07, 6.45) is 0. The van der Waals surface area contributed by atoms with Gasteiger partial charge in [0.2, 0.25) is 0 Å². The fourth-order valence-electron chi connectivity index (χ4n) is 3.88. The number of rotatable bonds is 8.